The number of Topliss-reactive ketones (excluding diaryl/α,β-unsaturated/α-hetero) is 3. The lowest BCUT2D eigenvalue weighted by molar-refractivity contribution is -0.137. The fourth-order valence-electron chi connectivity index (χ4n) is 7.96. The highest BCUT2D eigenvalue weighted by Crippen LogP contribution is 2.66. The summed E-state index contributed by atoms with van der Waals surface area (Å²) in [5, 5.41) is 0. The lowest BCUT2D eigenvalue weighted by Gasteiger charge is -2.46. The van der Waals surface area contributed by atoms with Crippen LogP contribution in [0.1, 0.15) is 27.7 Å². The normalized spacial score (nSPS) is 50.2. The Morgan fingerprint density at radius 2 is 1.20 bits per heavy atom. The van der Waals surface area contributed by atoms with Crippen molar-refractivity contribution in [2.75, 3.05) is 0 Å². The molecule has 4 aliphatic carbocycles. The van der Waals surface area contributed by atoms with Crippen molar-refractivity contribution < 1.29 is 14.4 Å². The van der Waals surface area contributed by atoms with Gasteiger partial charge in [0.25, 0.3) is 0 Å². The lowest BCUT2D eigenvalue weighted by Crippen LogP contribution is -2.49. The van der Waals surface area contributed by atoms with Gasteiger partial charge in [-0.15, -0.1) is 13.2 Å². The van der Waals surface area contributed by atoms with Gasteiger partial charge in [-0.1, -0.05) is 50.3 Å². The van der Waals surface area contributed by atoms with Crippen molar-refractivity contribution in [2.24, 2.45) is 71.0 Å². The molecule has 4 rings (SSSR count). The van der Waals surface area contributed by atoms with E-state index in [0.717, 1.165) is 0 Å². The Morgan fingerprint density at radius 3 is 1.77 bits per heavy atom. The van der Waals surface area contributed by atoms with Gasteiger partial charge in [-0.25, -0.2) is 0 Å². The Morgan fingerprint density at radius 1 is 0.667 bits per heavy atom. The van der Waals surface area contributed by atoms with Crippen LogP contribution in [0.5, 0.6) is 0 Å². The first-order valence-electron chi connectivity index (χ1n) is 11.5. The molecule has 30 heavy (non-hydrogen) atoms. The minimum atomic E-state index is -0.307. The maximum absolute atomic E-state index is 13.7. The number of hydrogen-bond acceptors (Lipinski definition) is 3. The third-order valence-electron chi connectivity index (χ3n) is 8.97. The van der Waals surface area contributed by atoms with Gasteiger partial charge in [0, 0.05) is 35.5 Å². The van der Waals surface area contributed by atoms with Gasteiger partial charge in [-0.2, -0.15) is 0 Å². The summed E-state index contributed by atoms with van der Waals surface area (Å²) in [5.41, 5.74) is 0. The van der Waals surface area contributed by atoms with Crippen molar-refractivity contribution in [3.8, 4) is 0 Å². The van der Waals surface area contributed by atoms with E-state index in [0.29, 0.717) is 0 Å². The summed E-state index contributed by atoms with van der Waals surface area (Å²) in [5.74, 6) is -0.665. The fraction of sp³-hybridized carbons (Fsp3) is 0.593. The van der Waals surface area contributed by atoms with Crippen LogP contribution in [0.25, 0.3) is 0 Å². The van der Waals surface area contributed by atoms with Gasteiger partial charge in [-0.05, 0) is 49.4 Å². The number of carbonyl (C=O) groups is 3. The number of allylic oxidation sites excluding steroid dienone is 6. The molecular formula is C27H34O3. The van der Waals surface area contributed by atoms with Gasteiger partial charge in [0.1, 0.15) is 17.3 Å². The first kappa shape index (κ1) is 21.2. The molecule has 0 radical (unpaired) electrons. The Hall–Kier alpha value is -2.03. The van der Waals surface area contributed by atoms with E-state index >= 15 is 0 Å². The van der Waals surface area contributed by atoms with E-state index < -0.39 is 0 Å². The van der Waals surface area contributed by atoms with Crippen LogP contribution in [0.4, 0.5) is 0 Å². The molecule has 0 amide bonds. The van der Waals surface area contributed by atoms with Crippen LogP contribution in [-0.2, 0) is 14.4 Å². The van der Waals surface area contributed by atoms with Crippen LogP contribution < -0.4 is 0 Å². The molecular weight excluding hydrogens is 372 g/mol. The molecule has 0 N–H and O–H groups in total. The third-order valence-corrected chi connectivity index (χ3v) is 8.97. The van der Waals surface area contributed by atoms with Gasteiger partial charge in [0.15, 0.2) is 0 Å². The van der Waals surface area contributed by atoms with Crippen LogP contribution in [0.15, 0.2) is 49.6 Å². The van der Waals surface area contributed by atoms with Gasteiger partial charge >= 0.3 is 0 Å². The van der Waals surface area contributed by atoms with Crippen LogP contribution in [0.2, 0.25) is 0 Å². The zero-order valence-corrected chi connectivity index (χ0v) is 18.5. The lowest BCUT2D eigenvalue weighted by atomic mass is 9.55. The second-order valence-electron chi connectivity index (χ2n) is 9.89. The van der Waals surface area contributed by atoms with Crippen molar-refractivity contribution in [1.82, 2.24) is 0 Å². The summed E-state index contributed by atoms with van der Waals surface area (Å²) in [6.45, 7) is 16.0. The van der Waals surface area contributed by atoms with E-state index in [9.17, 15) is 14.4 Å². The molecule has 0 aromatic rings. The summed E-state index contributed by atoms with van der Waals surface area (Å²) in [6, 6.07) is 0. The summed E-state index contributed by atoms with van der Waals surface area (Å²) in [6.07, 6.45) is 11.7. The number of hydrogen-bond donors (Lipinski definition) is 0. The highest BCUT2D eigenvalue weighted by atomic mass is 16.1. The van der Waals surface area contributed by atoms with Crippen LogP contribution in [0.3, 0.4) is 0 Å². The molecule has 3 heteroatoms. The van der Waals surface area contributed by atoms with E-state index in [1.54, 1.807) is 6.08 Å². The highest BCUT2D eigenvalue weighted by Gasteiger charge is 2.70. The number of ketones is 3. The monoisotopic (exact) mass is 406 g/mol. The predicted octanol–water partition coefficient (Wildman–Crippen LogP) is 4.71. The molecule has 0 bridgehead atoms. The Kier molecular flexibility index (Phi) is 5.36. The molecule has 0 spiro atoms. The Bertz CT molecular complexity index is 842. The zero-order valence-electron chi connectivity index (χ0n) is 18.5. The van der Waals surface area contributed by atoms with Crippen molar-refractivity contribution in [2.45, 2.75) is 27.7 Å². The van der Waals surface area contributed by atoms with E-state index in [4.69, 9.17) is 0 Å². The first-order valence-corrected chi connectivity index (χ1v) is 11.5. The SMILES string of the molecule is C=CC1C(=O)C2C(C1C=C)C1C(=O)C(/C=C\C)C(C)C1C1C(=O)C(C)C(/C=C\C)C12. The van der Waals surface area contributed by atoms with E-state index in [2.05, 4.69) is 26.2 Å². The smallest absolute Gasteiger partial charge is 0.144 e. The summed E-state index contributed by atoms with van der Waals surface area (Å²) in [4.78, 5) is 40.9. The number of carbonyl (C=O) groups excluding carboxylic acids is 3. The molecule has 0 aliphatic heterocycles. The van der Waals surface area contributed by atoms with Crippen molar-refractivity contribution in [3.05, 3.63) is 49.6 Å². The van der Waals surface area contributed by atoms with Crippen molar-refractivity contribution in [3.63, 3.8) is 0 Å². The minimum absolute atomic E-state index is 0.00831. The number of fused-ring (bicyclic) bond motifs is 6. The van der Waals surface area contributed by atoms with Crippen LogP contribution >= 0.6 is 0 Å². The molecule has 12 atom stereocenters. The van der Waals surface area contributed by atoms with Crippen molar-refractivity contribution >= 4 is 17.3 Å². The fourth-order valence-corrected chi connectivity index (χ4v) is 7.96. The molecule has 0 heterocycles. The average molecular weight is 407 g/mol. The van der Waals surface area contributed by atoms with E-state index in [-0.39, 0.29) is 88.4 Å². The van der Waals surface area contributed by atoms with Crippen LogP contribution in [-0.4, -0.2) is 17.3 Å². The first-order chi connectivity index (χ1) is 14.3. The summed E-state index contributed by atoms with van der Waals surface area (Å²) in [7, 11) is 0. The summed E-state index contributed by atoms with van der Waals surface area (Å²) < 4.78 is 0. The Labute approximate surface area is 180 Å². The van der Waals surface area contributed by atoms with E-state index in [1.807, 2.05) is 45.1 Å². The van der Waals surface area contributed by atoms with Gasteiger partial charge in [0.05, 0.1) is 0 Å². The maximum Gasteiger partial charge on any atom is 0.144 e. The zero-order chi connectivity index (χ0) is 21.9. The minimum Gasteiger partial charge on any atom is -0.299 e. The molecule has 4 aliphatic rings. The summed E-state index contributed by atoms with van der Waals surface area (Å²) >= 11 is 0. The maximum atomic E-state index is 13.7. The second kappa shape index (κ2) is 7.59. The van der Waals surface area contributed by atoms with Gasteiger partial charge in [-0.3, -0.25) is 14.4 Å². The molecule has 3 nitrogen and oxygen atoms in total. The van der Waals surface area contributed by atoms with Crippen LogP contribution in [0, 0.1) is 71.0 Å². The van der Waals surface area contributed by atoms with Gasteiger partial charge in [0.2, 0.25) is 0 Å². The standard InChI is InChI=1S/C27H34O3/c1-7-11-17-14(6)25(28)22-19-13(5)18(12-8-2)27(30)23(19)20-15(9-3)16(10-4)26(29)24(20)21(17)22/h7-24H,3-4H2,1-2,5-6H3/b11-7-,12-8-. The Balaban J connectivity index is 1.94. The molecule has 4 saturated carbocycles. The molecule has 12 unspecified atom stereocenters. The van der Waals surface area contributed by atoms with Gasteiger partial charge < -0.3 is 0 Å². The largest absolute Gasteiger partial charge is 0.299 e. The molecule has 0 aromatic heterocycles. The average Bonchev–Trinajstić information content (AvgIpc) is 3.25. The quantitative estimate of drug-likeness (QED) is 0.636. The highest BCUT2D eigenvalue weighted by molar-refractivity contribution is 5.97. The number of rotatable bonds is 4. The second-order valence-corrected chi connectivity index (χ2v) is 9.89. The third kappa shape index (κ3) is 2.53. The topological polar surface area (TPSA) is 51.2 Å². The molecule has 160 valence electrons. The molecule has 0 saturated heterocycles. The molecule has 0 aromatic carbocycles. The predicted molar refractivity (Wildman–Crippen MR) is 118 cm³/mol. The van der Waals surface area contributed by atoms with E-state index in [1.165, 1.54) is 0 Å². The van der Waals surface area contributed by atoms with Crippen molar-refractivity contribution in [1.29, 1.82) is 0 Å². The molecule has 4 fully saturated rings.